The molecule has 0 saturated carbocycles. The van der Waals surface area contributed by atoms with Gasteiger partial charge in [0.05, 0.1) is 10.6 Å². The molecular formula is C12H7ClFNO2S. The molecule has 92 valence electrons. The third-order valence-corrected chi connectivity index (χ3v) is 3.25. The Kier molecular flexibility index (Phi) is 3.84. The van der Waals surface area contributed by atoms with Crippen LogP contribution in [-0.2, 0) is 0 Å². The van der Waals surface area contributed by atoms with E-state index in [2.05, 4.69) is 4.98 Å². The summed E-state index contributed by atoms with van der Waals surface area (Å²) in [4.78, 5) is 15.4. The van der Waals surface area contributed by atoms with Crippen LogP contribution in [-0.4, -0.2) is 16.1 Å². The van der Waals surface area contributed by atoms with Gasteiger partial charge in [-0.2, -0.15) is 0 Å². The van der Waals surface area contributed by atoms with Crippen molar-refractivity contribution >= 4 is 29.3 Å². The average molecular weight is 284 g/mol. The summed E-state index contributed by atoms with van der Waals surface area (Å²) in [5.74, 6) is -2.05. The van der Waals surface area contributed by atoms with Gasteiger partial charge < -0.3 is 5.11 Å². The minimum Gasteiger partial charge on any atom is -0.478 e. The van der Waals surface area contributed by atoms with Crippen molar-refractivity contribution in [1.82, 2.24) is 4.98 Å². The molecule has 0 bridgehead atoms. The first kappa shape index (κ1) is 12.9. The van der Waals surface area contributed by atoms with Gasteiger partial charge in [0.1, 0.15) is 10.8 Å². The lowest BCUT2D eigenvalue weighted by molar-refractivity contribution is 0.0691. The third-order valence-electron chi connectivity index (χ3n) is 2.09. The van der Waals surface area contributed by atoms with Gasteiger partial charge in [-0.3, -0.25) is 0 Å². The molecule has 0 radical (unpaired) electrons. The Bertz CT molecular complexity index is 589. The highest BCUT2D eigenvalue weighted by Gasteiger charge is 2.11. The van der Waals surface area contributed by atoms with E-state index >= 15 is 0 Å². The van der Waals surface area contributed by atoms with Crippen molar-refractivity contribution in [2.45, 2.75) is 9.92 Å². The standard InChI is InChI=1S/C12H7ClFNO2S/c13-7-1-4-11(15-6-7)18-8-2-3-10(14)9(5-8)12(16)17/h1-6H,(H,16,17). The molecular weight excluding hydrogens is 277 g/mol. The van der Waals surface area contributed by atoms with Crippen LogP contribution in [0.5, 0.6) is 0 Å². The second kappa shape index (κ2) is 5.37. The minimum atomic E-state index is -1.29. The van der Waals surface area contributed by atoms with Crippen molar-refractivity contribution in [3.63, 3.8) is 0 Å². The van der Waals surface area contributed by atoms with E-state index in [4.69, 9.17) is 16.7 Å². The van der Waals surface area contributed by atoms with Gasteiger partial charge in [-0.25, -0.2) is 14.2 Å². The first-order valence-corrected chi connectivity index (χ1v) is 6.08. The Labute approximate surface area is 112 Å². The number of carboxylic acid groups (broad SMARTS) is 1. The van der Waals surface area contributed by atoms with E-state index in [0.717, 1.165) is 6.07 Å². The zero-order valence-electron chi connectivity index (χ0n) is 8.93. The van der Waals surface area contributed by atoms with Gasteiger partial charge in [-0.15, -0.1) is 0 Å². The van der Waals surface area contributed by atoms with E-state index in [1.165, 1.54) is 30.1 Å². The average Bonchev–Trinajstić information content (AvgIpc) is 2.34. The highest BCUT2D eigenvalue weighted by atomic mass is 35.5. The summed E-state index contributed by atoms with van der Waals surface area (Å²) in [6, 6.07) is 7.29. The van der Waals surface area contributed by atoms with E-state index in [0.29, 0.717) is 14.9 Å². The highest BCUT2D eigenvalue weighted by Crippen LogP contribution is 2.28. The first-order chi connectivity index (χ1) is 8.56. The Morgan fingerprint density at radius 1 is 1.33 bits per heavy atom. The number of aromatic nitrogens is 1. The topological polar surface area (TPSA) is 50.2 Å². The molecule has 0 aliphatic rings. The summed E-state index contributed by atoms with van der Waals surface area (Å²) < 4.78 is 13.2. The number of rotatable bonds is 3. The fourth-order valence-corrected chi connectivity index (χ4v) is 2.18. The van der Waals surface area contributed by atoms with Crippen molar-refractivity contribution in [3.05, 3.63) is 52.9 Å². The molecule has 1 N–H and O–H groups in total. The lowest BCUT2D eigenvalue weighted by Gasteiger charge is -2.03. The molecule has 2 rings (SSSR count). The van der Waals surface area contributed by atoms with E-state index < -0.39 is 11.8 Å². The zero-order chi connectivity index (χ0) is 13.1. The van der Waals surface area contributed by atoms with Crippen LogP contribution in [0.25, 0.3) is 0 Å². The van der Waals surface area contributed by atoms with Crippen molar-refractivity contribution in [3.8, 4) is 0 Å². The summed E-state index contributed by atoms with van der Waals surface area (Å²) in [5.41, 5.74) is -0.353. The van der Waals surface area contributed by atoms with Crippen LogP contribution in [0, 0.1) is 5.82 Å². The lowest BCUT2D eigenvalue weighted by Crippen LogP contribution is -2.00. The molecule has 3 nitrogen and oxygen atoms in total. The second-order valence-electron chi connectivity index (χ2n) is 3.36. The van der Waals surface area contributed by atoms with Crippen molar-refractivity contribution in [2.75, 3.05) is 0 Å². The predicted octanol–water partition coefficient (Wildman–Crippen LogP) is 3.72. The van der Waals surface area contributed by atoms with Gasteiger partial charge in [-0.1, -0.05) is 23.4 Å². The van der Waals surface area contributed by atoms with Gasteiger partial charge in [0.2, 0.25) is 0 Å². The van der Waals surface area contributed by atoms with Crippen molar-refractivity contribution in [2.24, 2.45) is 0 Å². The Morgan fingerprint density at radius 2 is 2.11 bits per heavy atom. The van der Waals surface area contributed by atoms with Crippen LogP contribution in [0.1, 0.15) is 10.4 Å². The molecule has 1 aromatic carbocycles. The van der Waals surface area contributed by atoms with E-state index in [-0.39, 0.29) is 5.56 Å². The summed E-state index contributed by atoms with van der Waals surface area (Å²) >= 11 is 6.94. The van der Waals surface area contributed by atoms with Gasteiger partial charge in [-0.05, 0) is 30.3 Å². The predicted molar refractivity (Wildman–Crippen MR) is 66.7 cm³/mol. The summed E-state index contributed by atoms with van der Waals surface area (Å²) in [7, 11) is 0. The van der Waals surface area contributed by atoms with Gasteiger partial charge in [0, 0.05) is 11.1 Å². The fourth-order valence-electron chi connectivity index (χ4n) is 1.28. The lowest BCUT2D eigenvalue weighted by atomic mass is 10.2. The SMILES string of the molecule is O=C(O)c1cc(Sc2ccc(Cl)cn2)ccc1F. The van der Waals surface area contributed by atoms with E-state index in [1.807, 2.05) is 0 Å². The quantitative estimate of drug-likeness (QED) is 0.932. The van der Waals surface area contributed by atoms with E-state index in [9.17, 15) is 9.18 Å². The monoisotopic (exact) mass is 283 g/mol. The highest BCUT2D eigenvalue weighted by molar-refractivity contribution is 7.99. The largest absolute Gasteiger partial charge is 0.478 e. The number of nitrogens with zero attached hydrogens (tertiary/aromatic N) is 1. The number of benzene rings is 1. The van der Waals surface area contributed by atoms with Crippen LogP contribution in [0.4, 0.5) is 4.39 Å². The van der Waals surface area contributed by atoms with Gasteiger partial charge in [0.25, 0.3) is 0 Å². The second-order valence-corrected chi connectivity index (χ2v) is 4.89. The molecule has 18 heavy (non-hydrogen) atoms. The normalized spacial score (nSPS) is 10.3. The Balaban J connectivity index is 2.27. The van der Waals surface area contributed by atoms with Crippen LogP contribution in [0.15, 0.2) is 46.5 Å². The molecule has 0 saturated heterocycles. The molecule has 2 aromatic rings. The van der Waals surface area contributed by atoms with Gasteiger partial charge in [0.15, 0.2) is 0 Å². The molecule has 0 fully saturated rings. The number of carboxylic acids is 1. The summed E-state index contributed by atoms with van der Waals surface area (Å²) in [5, 5.41) is 9.98. The van der Waals surface area contributed by atoms with Crippen molar-refractivity contribution < 1.29 is 14.3 Å². The zero-order valence-corrected chi connectivity index (χ0v) is 10.5. The maximum atomic E-state index is 13.2. The van der Waals surface area contributed by atoms with Crippen LogP contribution >= 0.6 is 23.4 Å². The smallest absolute Gasteiger partial charge is 0.338 e. The Morgan fingerprint density at radius 3 is 2.72 bits per heavy atom. The molecule has 6 heteroatoms. The molecule has 0 amide bonds. The van der Waals surface area contributed by atoms with Crippen LogP contribution in [0.3, 0.4) is 0 Å². The number of aromatic carboxylic acids is 1. The maximum Gasteiger partial charge on any atom is 0.338 e. The molecule has 1 heterocycles. The number of carbonyl (C=O) groups is 1. The summed E-state index contributed by atoms with van der Waals surface area (Å²) in [6.45, 7) is 0. The van der Waals surface area contributed by atoms with E-state index in [1.54, 1.807) is 12.1 Å². The number of hydrogen-bond acceptors (Lipinski definition) is 3. The van der Waals surface area contributed by atoms with Crippen LogP contribution in [0.2, 0.25) is 5.02 Å². The summed E-state index contributed by atoms with van der Waals surface area (Å²) in [6.07, 6.45) is 1.49. The van der Waals surface area contributed by atoms with Crippen molar-refractivity contribution in [1.29, 1.82) is 0 Å². The molecule has 0 atom stereocenters. The minimum absolute atomic E-state index is 0.353. The number of pyridine rings is 1. The first-order valence-electron chi connectivity index (χ1n) is 4.88. The molecule has 1 aromatic heterocycles. The molecule has 0 aliphatic heterocycles. The Hall–Kier alpha value is -1.59. The number of halogens is 2. The molecule has 0 unspecified atom stereocenters. The molecule has 0 aliphatic carbocycles. The fraction of sp³-hybridized carbons (Fsp3) is 0. The van der Waals surface area contributed by atoms with Crippen LogP contribution < -0.4 is 0 Å². The number of hydrogen-bond donors (Lipinski definition) is 1. The van der Waals surface area contributed by atoms with Gasteiger partial charge >= 0.3 is 5.97 Å². The molecule has 0 spiro atoms. The maximum absolute atomic E-state index is 13.2. The third kappa shape index (κ3) is 3.00.